The molecular weight excluding hydrogens is 364 g/mol. The normalized spacial score (nSPS) is 18.1. The third-order valence-corrected chi connectivity index (χ3v) is 4.41. The number of hydrogen-bond donors (Lipinski definition) is 0. The molecule has 23 heavy (non-hydrogen) atoms. The Kier molecular flexibility index (Phi) is 3.41. The molecule has 1 aromatic heterocycles. The van der Waals surface area contributed by atoms with Crippen LogP contribution in [0.1, 0.15) is 18.7 Å². The first-order valence-electron chi connectivity index (χ1n) is 7.31. The van der Waals surface area contributed by atoms with Crippen LogP contribution in [-0.2, 0) is 11.3 Å². The summed E-state index contributed by atoms with van der Waals surface area (Å²) in [5.74, 6) is 0.461. The average Bonchev–Trinajstić information content (AvgIpc) is 3.20. The van der Waals surface area contributed by atoms with Gasteiger partial charge >= 0.3 is 6.03 Å². The zero-order chi connectivity index (χ0) is 16.0. The summed E-state index contributed by atoms with van der Waals surface area (Å²) in [5, 5.41) is 3.92. The van der Waals surface area contributed by atoms with Crippen LogP contribution in [-0.4, -0.2) is 44.5 Å². The van der Waals surface area contributed by atoms with Crippen LogP contribution in [0.4, 0.5) is 4.79 Å². The number of urea groups is 1. The number of imide groups is 1. The van der Waals surface area contributed by atoms with Gasteiger partial charge < -0.3 is 9.42 Å². The number of benzene rings is 1. The summed E-state index contributed by atoms with van der Waals surface area (Å²) >= 11 is 3.39. The number of rotatable bonds is 4. The quantitative estimate of drug-likeness (QED) is 0.765. The van der Waals surface area contributed by atoms with E-state index in [1.807, 2.05) is 24.3 Å². The van der Waals surface area contributed by atoms with Crippen molar-refractivity contribution in [1.29, 1.82) is 0 Å². The van der Waals surface area contributed by atoms with Gasteiger partial charge in [0.1, 0.15) is 13.1 Å². The topological polar surface area (TPSA) is 79.5 Å². The minimum Gasteiger partial charge on any atom is -0.337 e. The predicted octanol–water partition coefficient (Wildman–Crippen LogP) is 2.43. The lowest BCUT2D eigenvalue weighted by Gasteiger charge is -2.14. The highest BCUT2D eigenvalue weighted by Gasteiger charge is 2.44. The molecule has 7 nitrogen and oxygen atoms in total. The molecule has 1 saturated heterocycles. The number of carbonyl (C=O) groups is 2. The van der Waals surface area contributed by atoms with Crippen molar-refractivity contribution in [3.8, 4) is 11.4 Å². The van der Waals surface area contributed by atoms with Crippen LogP contribution in [0, 0.1) is 0 Å². The zero-order valence-corrected chi connectivity index (χ0v) is 13.7. The van der Waals surface area contributed by atoms with Crippen molar-refractivity contribution in [2.45, 2.75) is 25.4 Å². The Hall–Kier alpha value is -2.22. The van der Waals surface area contributed by atoms with E-state index in [4.69, 9.17) is 4.52 Å². The van der Waals surface area contributed by atoms with E-state index >= 15 is 0 Å². The van der Waals surface area contributed by atoms with E-state index in [0.717, 1.165) is 22.9 Å². The Labute approximate surface area is 140 Å². The predicted molar refractivity (Wildman–Crippen MR) is 83.1 cm³/mol. The molecule has 1 aliphatic carbocycles. The van der Waals surface area contributed by atoms with E-state index in [1.165, 1.54) is 4.90 Å². The molecule has 2 fully saturated rings. The maximum absolute atomic E-state index is 12.3. The van der Waals surface area contributed by atoms with Crippen molar-refractivity contribution >= 4 is 27.9 Å². The van der Waals surface area contributed by atoms with Crippen LogP contribution in [0.3, 0.4) is 0 Å². The van der Waals surface area contributed by atoms with Gasteiger partial charge in [-0.1, -0.05) is 33.2 Å². The third-order valence-electron chi connectivity index (χ3n) is 3.92. The van der Waals surface area contributed by atoms with Crippen molar-refractivity contribution in [3.05, 3.63) is 34.6 Å². The summed E-state index contributed by atoms with van der Waals surface area (Å²) in [7, 11) is 0. The maximum atomic E-state index is 12.3. The Morgan fingerprint density at radius 3 is 2.87 bits per heavy atom. The molecule has 3 amide bonds. The van der Waals surface area contributed by atoms with E-state index in [2.05, 4.69) is 26.1 Å². The Morgan fingerprint density at radius 1 is 1.30 bits per heavy atom. The van der Waals surface area contributed by atoms with Gasteiger partial charge in [0, 0.05) is 16.1 Å². The van der Waals surface area contributed by atoms with Gasteiger partial charge in [-0.25, -0.2) is 4.79 Å². The molecule has 2 heterocycles. The lowest BCUT2D eigenvalue weighted by molar-refractivity contribution is -0.126. The number of halogens is 1. The highest BCUT2D eigenvalue weighted by atomic mass is 79.9. The standard InChI is InChI=1S/C15H13BrN4O3/c16-10-3-1-2-9(6-10)14-17-12(23-18-14)7-20-13(21)8-19(15(20)22)11-4-5-11/h1-3,6,11H,4-5,7-8H2. The van der Waals surface area contributed by atoms with E-state index in [1.54, 1.807) is 4.90 Å². The van der Waals surface area contributed by atoms with Crippen molar-refractivity contribution in [2.75, 3.05) is 6.54 Å². The van der Waals surface area contributed by atoms with Gasteiger partial charge in [0.15, 0.2) is 0 Å². The first-order valence-corrected chi connectivity index (χ1v) is 8.10. The summed E-state index contributed by atoms with van der Waals surface area (Å²) in [6.45, 7) is 0.165. The van der Waals surface area contributed by atoms with Gasteiger partial charge in [-0.15, -0.1) is 0 Å². The smallest absolute Gasteiger partial charge is 0.327 e. The first-order chi connectivity index (χ1) is 11.1. The minimum absolute atomic E-state index is 0.0158. The van der Waals surface area contributed by atoms with Gasteiger partial charge in [-0.3, -0.25) is 9.69 Å². The molecule has 0 bridgehead atoms. The van der Waals surface area contributed by atoms with Gasteiger partial charge in [0.2, 0.25) is 11.7 Å². The van der Waals surface area contributed by atoms with E-state index in [-0.39, 0.29) is 37.0 Å². The molecule has 1 aromatic carbocycles. The van der Waals surface area contributed by atoms with Crippen molar-refractivity contribution in [1.82, 2.24) is 19.9 Å². The number of carbonyl (C=O) groups excluding carboxylic acids is 2. The number of amides is 3. The summed E-state index contributed by atoms with van der Waals surface area (Å²) in [6, 6.07) is 7.46. The van der Waals surface area contributed by atoms with E-state index in [0.29, 0.717) is 5.82 Å². The van der Waals surface area contributed by atoms with Gasteiger partial charge in [0.05, 0.1) is 0 Å². The molecule has 1 aliphatic heterocycles. The molecule has 2 aliphatic rings. The van der Waals surface area contributed by atoms with Crippen LogP contribution in [0.5, 0.6) is 0 Å². The second-order valence-corrected chi connectivity index (χ2v) is 6.56. The van der Waals surface area contributed by atoms with Gasteiger partial charge in [-0.05, 0) is 25.0 Å². The second-order valence-electron chi connectivity index (χ2n) is 5.64. The van der Waals surface area contributed by atoms with Crippen LogP contribution in [0.25, 0.3) is 11.4 Å². The number of aromatic nitrogens is 2. The molecule has 1 saturated carbocycles. The molecule has 118 valence electrons. The SMILES string of the molecule is O=C1CN(C2CC2)C(=O)N1Cc1nc(-c2cccc(Br)c2)no1. The third kappa shape index (κ3) is 2.74. The van der Waals surface area contributed by atoms with Gasteiger partial charge in [-0.2, -0.15) is 4.98 Å². The summed E-state index contributed by atoms with van der Waals surface area (Å²) < 4.78 is 6.10. The zero-order valence-electron chi connectivity index (χ0n) is 12.1. The summed E-state index contributed by atoms with van der Waals surface area (Å²) in [5.41, 5.74) is 0.799. The molecule has 2 aromatic rings. The fraction of sp³-hybridized carbons (Fsp3) is 0.333. The summed E-state index contributed by atoms with van der Waals surface area (Å²) in [4.78, 5) is 31.4. The average molecular weight is 377 g/mol. The molecule has 8 heteroatoms. The molecule has 0 atom stereocenters. The fourth-order valence-corrected chi connectivity index (χ4v) is 2.99. The summed E-state index contributed by atoms with van der Waals surface area (Å²) in [6.07, 6.45) is 1.95. The monoisotopic (exact) mass is 376 g/mol. The Morgan fingerprint density at radius 2 is 2.13 bits per heavy atom. The van der Waals surface area contributed by atoms with Crippen molar-refractivity contribution in [2.24, 2.45) is 0 Å². The number of hydrogen-bond acceptors (Lipinski definition) is 5. The first kappa shape index (κ1) is 14.4. The van der Waals surface area contributed by atoms with Gasteiger partial charge in [0.25, 0.3) is 5.91 Å². The number of nitrogens with zero attached hydrogens (tertiary/aromatic N) is 4. The maximum Gasteiger partial charge on any atom is 0.327 e. The fourth-order valence-electron chi connectivity index (χ4n) is 2.59. The Bertz CT molecular complexity index is 787. The largest absolute Gasteiger partial charge is 0.337 e. The molecule has 4 rings (SSSR count). The molecule has 0 spiro atoms. The highest BCUT2D eigenvalue weighted by Crippen LogP contribution is 2.31. The highest BCUT2D eigenvalue weighted by molar-refractivity contribution is 9.10. The van der Waals surface area contributed by atoms with E-state index < -0.39 is 0 Å². The lowest BCUT2D eigenvalue weighted by atomic mass is 10.2. The minimum atomic E-state index is -0.264. The van der Waals surface area contributed by atoms with Crippen LogP contribution >= 0.6 is 15.9 Å². The Balaban J connectivity index is 1.51. The van der Waals surface area contributed by atoms with E-state index in [9.17, 15) is 9.59 Å². The molecule has 0 N–H and O–H groups in total. The second kappa shape index (κ2) is 5.45. The molecule has 0 radical (unpaired) electrons. The van der Waals surface area contributed by atoms with Crippen molar-refractivity contribution in [3.63, 3.8) is 0 Å². The van der Waals surface area contributed by atoms with Crippen LogP contribution in [0.2, 0.25) is 0 Å². The molecule has 0 unspecified atom stereocenters. The molecular formula is C15H13BrN4O3. The lowest BCUT2D eigenvalue weighted by Crippen LogP contribution is -2.33. The van der Waals surface area contributed by atoms with Crippen LogP contribution in [0.15, 0.2) is 33.3 Å². The van der Waals surface area contributed by atoms with Crippen LogP contribution < -0.4 is 0 Å². The van der Waals surface area contributed by atoms with Crippen molar-refractivity contribution < 1.29 is 14.1 Å².